The molecule has 1 amide bonds. The minimum Gasteiger partial charge on any atom is -0.490 e. The number of morpholine rings is 1. The van der Waals surface area contributed by atoms with Crippen molar-refractivity contribution in [3.63, 3.8) is 0 Å². The summed E-state index contributed by atoms with van der Waals surface area (Å²) in [4.78, 5) is 12.0. The van der Waals surface area contributed by atoms with Gasteiger partial charge in [0.2, 0.25) is 0 Å². The van der Waals surface area contributed by atoms with Gasteiger partial charge in [0.15, 0.2) is 0 Å². The first kappa shape index (κ1) is 19.0. The molecule has 1 saturated carbocycles. The third-order valence-corrected chi connectivity index (χ3v) is 4.47. The number of nitrogens with one attached hydrogen (secondary N) is 2. The molecular weight excluding hydrogens is 328 g/mol. The molecule has 0 aromatic heterocycles. The van der Waals surface area contributed by atoms with Gasteiger partial charge in [-0.05, 0) is 43.4 Å². The molecule has 5 nitrogen and oxygen atoms in total. The highest BCUT2D eigenvalue weighted by molar-refractivity contribution is 5.85. The Balaban J connectivity index is 0.00000208. The van der Waals surface area contributed by atoms with E-state index in [0.29, 0.717) is 25.8 Å². The van der Waals surface area contributed by atoms with Gasteiger partial charge in [-0.3, -0.25) is 4.79 Å². The fourth-order valence-electron chi connectivity index (χ4n) is 3.10. The molecule has 3 rings (SSSR count). The Bertz CT molecular complexity index is 497. The smallest absolute Gasteiger partial charge is 0.250 e. The van der Waals surface area contributed by atoms with E-state index in [1.54, 1.807) is 0 Å². The van der Waals surface area contributed by atoms with Crippen molar-refractivity contribution < 1.29 is 14.3 Å². The van der Waals surface area contributed by atoms with Crippen LogP contribution in [-0.2, 0) is 16.1 Å². The lowest BCUT2D eigenvalue weighted by Crippen LogP contribution is -2.47. The van der Waals surface area contributed by atoms with Gasteiger partial charge in [-0.15, -0.1) is 12.4 Å². The predicted molar refractivity (Wildman–Crippen MR) is 95.6 cm³/mol. The van der Waals surface area contributed by atoms with Crippen molar-refractivity contribution in [3.05, 3.63) is 29.8 Å². The molecule has 1 unspecified atom stereocenters. The minimum atomic E-state index is -0.377. The Morgan fingerprint density at radius 2 is 1.96 bits per heavy atom. The molecule has 0 radical (unpaired) electrons. The maximum absolute atomic E-state index is 12.0. The topological polar surface area (TPSA) is 59.6 Å². The number of carbonyl (C=O) groups is 1. The zero-order chi connectivity index (χ0) is 15.9. The summed E-state index contributed by atoms with van der Waals surface area (Å²) in [6.07, 6.45) is 6.18. The number of amides is 1. The molecule has 2 aliphatic rings. The van der Waals surface area contributed by atoms with Crippen molar-refractivity contribution >= 4 is 18.3 Å². The first-order chi connectivity index (χ1) is 11.3. The molecule has 1 heterocycles. The van der Waals surface area contributed by atoms with Crippen LogP contribution in [0.4, 0.5) is 0 Å². The second-order valence-corrected chi connectivity index (χ2v) is 6.30. The average molecular weight is 355 g/mol. The van der Waals surface area contributed by atoms with E-state index >= 15 is 0 Å². The standard InChI is InChI=1S/C18H26N2O3.ClH/c21-18(17-13-19-10-11-22-17)20-12-14-6-8-16(9-7-14)23-15-4-2-1-3-5-15;/h6-9,15,17,19H,1-5,10-13H2,(H,20,21);1H. The SMILES string of the molecule is Cl.O=C(NCc1ccc(OC2CCCCC2)cc1)C1CNCCO1. The van der Waals surface area contributed by atoms with Gasteiger partial charge in [-0.1, -0.05) is 18.6 Å². The van der Waals surface area contributed by atoms with Gasteiger partial charge in [0, 0.05) is 19.6 Å². The Morgan fingerprint density at radius 1 is 1.21 bits per heavy atom. The first-order valence-electron chi connectivity index (χ1n) is 8.67. The van der Waals surface area contributed by atoms with E-state index in [4.69, 9.17) is 9.47 Å². The zero-order valence-corrected chi connectivity index (χ0v) is 14.8. The molecule has 24 heavy (non-hydrogen) atoms. The summed E-state index contributed by atoms with van der Waals surface area (Å²) in [6, 6.07) is 8.01. The number of hydrogen-bond acceptors (Lipinski definition) is 4. The van der Waals surface area contributed by atoms with Crippen LogP contribution >= 0.6 is 12.4 Å². The molecule has 2 fully saturated rings. The van der Waals surface area contributed by atoms with Crippen LogP contribution in [0.1, 0.15) is 37.7 Å². The Morgan fingerprint density at radius 3 is 2.62 bits per heavy atom. The Labute approximate surface area is 149 Å². The number of hydrogen-bond donors (Lipinski definition) is 2. The van der Waals surface area contributed by atoms with Crippen LogP contribution in [0.3, 0.4) is 0 Å². The largest absolute Gasteiger partial charge is 0.490 e. The maximum Gasteiger partial charge on any atom is 0.250 e. The highest BCUT2D eigenvalue weighted by Crippen LogP contribution is 2.23. The number of ether oxygens (including phenoxy) is 2. The van der Waals surface area contributed by atoms with Crippen LogP contribution in [0.5, 0.6) is 5.75 Å². The number of halogens is 1. The lowest BCUT2D eigenvalue weighted by Gasteiger charge is -2.23. The quantitative estimate of drug-likeness (QED) is 0.852. The fourth-order valence-corrected chi connectivity index (χ4v) is 3.10. The van der Waals surface area contributed by atoms with Gasteiger partial charge in [-0.25, -0.2) is 0 Å². The summed E-state index contributed by atoms with van der Waals surface area (Å²) >= 11 is 0. The van der Waals surface area contributed by atoms with E-state index in [1.165, 1.54) is 19.3 Å². The van der Waals surface area contributed by atoms with Crippen molar-refractivity contribution in [1.82, 2.24) is 10.6 Å². The molecule has 1 aliphatic carbocycles. The molecule has 1 aromatic carbocycles. The fraction of sp³-hybridized carbons (Fsp3) is 0.611. The molecular formula is C18H27ClN2O3. The first-order valence-corrected chi connectivity index (χ1v) is 8.67. The van der Waals surface area contributed by atoms with Crippen LogP contribution in [0.15, 0.2) is 24.3 Å². The number of benzene rings is 1. The van der Waals surface area contributed by atoms with Crippen molar-refractivity contribution in [2.45, 2.75) is 50.9 Å². The van der Waals surface area contributed by atoms with E-state index in [-0.39, 0.29) is 24.4 Å². The Kier molecular flexibility index (Phi) is 7.82. The summed E-state index contributed by atoms with van der Waals surface area (Å²) in [5.74, 6) is 0.867. The van der Waals surface area contributed by atoms with E-state index < -0.39 is 0 Å². The zero-order valence-electron chi connectivity index (χ0n) is 14.0. The second-order valence-electron chi connectivity index (χ2n) is 6.30. The minimum absolute atomic E-state index is 0. The van der Waals surface area contributed by atoms with Crippen molar-refractivity contribution in [3.8, 4) is 5.75 Å². The molecule has 1 atom stereocenters. The summed E-state index contributed by atoms with van der Waals surface area (Å²) < 4.78 is 11.5. The molecule has 134 valence electrons. The molecule has 2 N–H and O–H groups in total. The lowest BCUT2D eigenvalue weighted by molar-refractivity contribution is -0.134. The van der Waals surface area contributed by atoms with Gasteiger partial charge in [-0.2, -0.15) is 0 Å². The monoisotopic (exact) mass is 354 g/mol. The van der Waals surface area contributed by atoms with Crippen LogP contribution < -0.4 is 15.4 Å². The van der Waals surface area contributed by atoms with Crippen molar-refractivity contribution in [2.24, 2.45) is 0 Å². The van der Waals surface area contributed by atoms with E-state index in [2.05, 4.69) is 10.6 Å². The van der Waals surface area contributed by atoms with Crippen LogP contribution in [-0.4, -0.2) is 37.8 Å². The van der Waals surface area contributed by atoms with Crippen LogP contribution in [0.25, 0.3) is 0 Å². The third kappa shape index (κ3) is 5.65. The van der Waals surface area contributed by atoms with Crippen LogP contribution in [0, 0.1) is 0 Å². The predicted octanol–water partition coefficient (Wildman–Crippen LogP) is 2.42. The molecule has 6 heteroatoms. The molecule has 0 bridgehead atoms. The van der Waals surface area contributed by atoms with E-state index in [1.807, 2.05) is 24.3 Å². The average Bonchev–Trinajstić information content (AvgIpc) is 2.62. The molecule has 1 saturated heterocycles. The molecule has 1 aromatic rings. The second kappa shape index (κ2) is 9.87. The van der Waals surface area contributed by atoms with Gasteiger partial charge >= 0.3 is 0 Å². The van der Waals surface area contributed by atoms with Gasteiger partial charge in [0.25, 0.3) is 5.91 Å². The van der Waals surface area contributed by atoms with E-state index in [9.17, 15) is 4.79 Å². The van der Waals surface area contributed by atoms with Crippen molar-refractivity contribution in [1.29, 1.82) is 0 Å². The Hall–Kier alpha value is -1.30. The molecule has 0 spiro atoms. The summed E-state index contributed by atoms with van der Waals surface area (Å²) in [6.45, 7) is 2.50. The van der Waals surface area contributed by atoms with Crippen molar-refractivity contribution in [2.75, 3.05) is 19.7 Å². The maximum atomic E-state index is 12.0. The number of carbonyl (C=O) groups excluding carboxylic acids is 1. The van der Waals surface area contributed by atoms with E-state index in [0.717, 1.165) is 30.7 Å². The number of rotatable bonds is 5. The molecule has 1 aliphatic heterocycles. The summed E-state index contributed by atoms with van der Waals surface area (Å²) in [5.41, 5.74) is 1.07. The highest BCUT2D eigenvalue weighted by atomic mass is 35.5. The van der Waals surface area contributed by atoms with Gasteiger partial charge in [0.1, 0.15) is 11.9 Å². The summed E-state index contributed by atoms with van der Waals surface area (Å²) in [7, 11) is 0. The lowest BCUT2D eigenvalue weighted by atomic mass is 9.98. The summed E-state index contributed by atoms with van der Waals surface area (Å²) in [5, 5.41) is 6.08. The van der Waals surface area contributed by atoms with Gasteiger partial charge in [0.05, 0.1) is 12.7 Å². The highest BCUT2D eigenvalue weighted by Gasteiger charge is 2.21. The van der Waals surface area contributed by atoms with Crippen LogP contribution in [0.2, 0.25) is 0 Å². The normalized spacial score (nSPS) is 21.6. The van der Waals surface area contributed by atoms with Gasteiger partial charge < -0.3 is 20.1 Å². The third-order valence-electron chi connectivity index (χ3n) is 4.47.